The third-order valence-corrected chi connectivity index (χ3v) is 11.4. The van der Waals surface area contributed by atoms with Gasteiger partial charge in [-0.2, -0.15) is 17.5 Å². The number of alkyl halides is 3. The topological polar surface area (TPSA) is 158 Å². The number of amides is 2. The SMILES string of the molecule is COC(=O)N[C@H](C(=O)N[C@H](c1ccc([C@@H](CO)N(CCC(C)(C)C)S(=O)(=O)c2ccc(=O)[nH]c2)s1)C(F)(F)F)C(c1ccccc1)c1ccccc1. The Balaban J connectivity index is 1.74. The zero-order valence-electron chi connectivity index (χ0n) is 28.9. The minimum absolute atomic E-state index is 0.0820. The average Bonchev–Trinajstić information content (AvgIpc) is 3.57. The highest BCUT2D eigenvalue weighted by molar-refractivity contribution is 7.89. The van der Waals surface area contributed by atoms with E-state index in [-0.39, 0.29) is 26.6 Å². The van der Waals surface area contributed by atoms with Crippen LogP contribution in [0.1, 0.15) is 66.1 Å². The molecule has 3 atom stereocenters. The number of ether oxygens (including phenoxy) is 1. The van der Waals surface area contributed by atoms with Gasteiger partial charge in [0.15, 0.2) is 6.04 Å². The van der Waals surface area contributed by atoms with E-state index in [2.05, 4.69) is 15.6 Å². The van der Waals surface area contributed by atoms with Crippen LogP contribution in [0.2, 0.25) is 0 Å². The Bertz CT molecular complexity index is 1900. The van der Waals surface area contributed by atoms with Gasteiger partial charge >= 0.3 is 12.3 Å². The number of hydrogen-bond acceptors (Lipinski definition) is 8. The number of thiophene rings is 1. The number of hydrogen-bond donors (Lipinski definition) is 4. The van der Waals surface area contributed by atoms with Crippen LogP contribution in [0.3, 0.4) is 0 Å². The Labute approximate surface area is 303 Å². The van der Waals surface area contributed by atoms with Gasteiger partial charge in [0.1, 0.15) is 6.04 Å². The molecular formula is C36H41F3N4O7S2. The normalized spacial score (nSPS) is 14.1. The number of benzene rings is 2. The first-order valence-electron chi connectivity index (χ1n) is 16.2. The molecule has 0 spiro atoms. The van der Waals surface area contributed by atoms with Crippen molar-refractivity contribution in [2.45, 2.75) is 62.3 Å². The van der Waals surface area contributed by atoms with Crippen LogP contribution in [0.15, 0.2) is 101 Å². The third-order valence-electron chi connectivity index (χ3n) is 8.23. The molecule has 4 N–H and O–H groups in total. The second kappa shape index (κ2) is 16.9. The van der Waals surface area contributed by atoms with E-state index < -0.39 is 64.4 Å². The Kier molecular flexibility index (Phi) is 13.1. The lowest BCUT2D eigenvalue weighted by Gasteiger charge is -2.31. The molecule has 0 bridgehead atoms. The van der Waals surface area contributed by atoms with Crippen molar-refractivity contribution in [2.75, 3.05) is 20.3 Å². The Morgan fingerprint density at radius 3 is 1.96 bits per heavy atom. The van der Waals surface area contributed by atoms with E-state index in [1.807, 2.05) is 20.8 Å². The monoisotopic (exact) mass is 762 g/mol. The predicted molar refractivity (Wildman–Crippen MR) is 190 cm³/mol. The number of aliphatic hydroxyl groups excluding tert-OH is 1. The van der Waals surface area contributed by atoms with E-state index >= 15 is 0 Å². The molecule has 0 unspecified atom stereocenters. The number of H-pyrrole nitrogens is 1. The number of methoxy groups -OCH3 is 1. The Hall–Kier alpha value is -4.51. The van der Waals surface area contributed by atoms with Gasteiger partial charge in [0, 0.05) is 34.5 Å². The number of aromatic amines is 1. The van der Waals surface area contributed by atoms with Crippen molar-refractivity contribution >= 4 is 33.4 Å². The largest absolute Gasteiger partial charge is 0.453 e. The van der Waals surface area contributed by atoms with Crippen LogP contribution in [-0.2, 0) is 19.6 Å². The molecule has 4 aromatic rings. The molecule has 0 aliphatic heterocycles. The highest BCUT2D eigenvalue weighted by Crippen LogP contribution is 2.40. The lowest BCUT2D eigenvalue weighted by Crippen LogP contribution is -2.52. The molecule has 2 aromatic heterocycles. The van der Waals surface area contributed by atoms with Crippen molar-refractivity contribution in [1.29, 1.82) is 0 Å². The molecule has 16 heteroatoms. The summed E-state index contributed by atoms with van der Waals surface area (Å²) in [5.41, 5.74) is 0.177. The molecule has 280 valence electrons. The number of carbonyl (C=O) groups is 2. The maximum atomic E-state index is 14.8. The van der Waals surface area contributed by atoms with Gasteiger partial charge in [-0.15, -0.1) is 11.3 Å². The lowest BCUT2D eigenvalue weighted by atomic mass is 9.84. The van der Waals surface area contributed by atoms with Gasteiger partial charge in [0.25, 0.3) is 0 Å². The number of aliphatic hydroxyl groups is 1. The zero-order chi connectivity index (χ0) is 38.3. The number of nitrogens with zero attached hydrogens (tertiary/aromatic N) is 1. The van der Waals surface area contributed by atoms with Gasteiger partial charge in [-0.3, -0.25) is 9.59 Å². The number of halogens is 3. The molecule has 0 aliphatic rings. The molecule has 2 heterocycles. The smallest absolute Gasteiger partial charge is 0.413 e. The van der Waals surface area contributed by atoms with E-state index in [1.54, 1.807) is 60.7 Å². The van der Waals surface area contributed by atoms with Crippen LogP contribution in [0.25, 0.3) is 0 Å². The first kappa shape index (κ1) is 40.3. The molecular weight excluding hydrogens is 722 g/mol. The maximum Gasteiger partial charge on any atom is 0.413 e. The van der Waals surface area contributed by atoms with E-state index in [1.165, 1.54) is 6.07 Å². The summed E-state index contributed by atoms with van der Waals surface area (Å²) in [6, 6.07) is 16.1. The molecule has 2 amide bonds. The second-order valence-electron chi connectivity index (χ2n) is 13.1. The first-order valence-corrected chi connectivity index (χ1v) is 18.4. The van der Waals surface area contributed by atoms with Crippen LogP contribution in [0.5, 0.6) is 0 Å². The van der Waals surface area contributed by atoms with Gasteiger partial charge in [-0.05, 0) is 41.2 Å². The number of nitrogens with one attached hydrogen (secondary N) is 3. The van der Waals surface area contributed by atoms with Crippen molar-refractivity contribution in [2.24, 2.45) is 5.41 Å². The highest BCUT2D eigenvalue weighted by atomic mass is 32.2. The molecule has 0 aliphatic carbocycles. The number of aromatic nitrogens is 1. The fraction of sp³-hybridized carbons (Fsp3) is 0.361. The molecule has 0 radical (unpaired) electrons. The fourth-order valence-corrected chi connectivity index (χ4v) is 8.36. The molecule has 52 heavy (non-hydrogen) atoms. The van der Waals surface area contributed by atoms with Gasteiger partial charge < -0.3 is 25.5 Å². The maximum absolute atomic E-state index is 14.8. The van der Waals surface area contributed by atoms with E-state index in [0.717, 1.165) is 35.8 Å². The van der Waals surface area contributed by atoms with Crippen molar-refractivity contribution < 1.29 is 41.0 Å². The van der Waals surface area contributed by atoms with Gasteiger partial charge in [-0.25, -0.2) is 13.2 Å². The molecule has 0 saturated carbocycles. The van der Waals surface area contributed by atoms with E-state index in [9.17, 15) is 41.1 Å². The second-order valence-corrected chi connectivity index (χ2v) is 16.2. The van der Waals surface area contributed by atoms with Gasteiger partial charge in [0.05, 0.1) is 24.7 Å². The van der Waals surface area contributed by atoms with Gasteiger partial charge in [-0.1, -0.05) is 81.4 Å². The summed E-state index contributed by atoms with van der Waals surface area (Å²) in [5.74, 6) is -2.09. The summed E-state index contributed by atoms with van der Waals surface area (Å²) in [5, 5.41) is 15.0. The molecule has 0 fully saturated rings. The van der Waals surface area contributed by atoms with Crippen molar-refractivity contribution in [3.8, 4) is 0 Å². The molecule has 4 rings (SSSR count). The van der Waals surface area contributed by atoms with Crippen molar-refractivity contribution in [1.82, 2.24) is 19.9 Å². The van der Waals surface area contributed by atoms with Crippen molar-refractivity contribution in [3.05, 3.63) is 122 Å². The van der Waals surface area contributed by atoms with Crippen LogP contribution < -0.4 is 16.2 Å². The zero-order valence-corrected chi connectivity index (χ0v) is 30.5. The molecule has 11 nitrogen and oxygen atoms in total. The average molecular weight is 763 g/mol. The van der Waals surface area contributed by atoms with E-state index in [0.29, 0.717) is 28.9 Å². The fourth-order valence-electron chi connectivity index (χ4n) is 5.54. The highest BCUT2D eigenvalue weighted by Gasteiger charge is 2.45. The lowest BCUT2D eigenvalue weighted by molar-refractivity contribution is -0.163. The number of sulfonamides is 1. The van der Waals surface area contributed by atoms with Crippen LogP contribution in [-0.4, -0.2) is 67.3 Å². The summed E-state index contributed by atoms with van der Waals surface area (Å²) < 4.78 is 78.0. The standard InChI is InChI=1S/C36H41F3N4O7S2/c1-35(2,3)19-20-43(52(48,49)25-15-18-29(45)40-21-25)26(22-44)27-16-17-28(51-27)32(36(37,38)39)42-33(46)31(41-34(47)50-4)30(23-11-7-5-8-12-23)24-13-9-6-10-14-24/h5-18,21,26,30-32,44H,19-20,22H2,1-4H3,(H,40,45)(H,41,47)(H,42,46)/t26-,31+,32-/m1/s1. The minimum atomic E-state index is -5.04. The number of rotatable bonds is 14. The van der Waals surface area contributed by atoms with Crippen molar-refractivity contribution in [3.63, 3.8) is 0 Å². The number of alkyl carbamates (subject to hydrolysis) is 1. The first-order chi connectivity index (χ1) is 24.5. The minimum Gasteiger partial charge on any atom is -0.453 e. The number of carbonyl (C=O) groups excluding carboxylic acids is 2. The Morgan fingerprint density at radius 2 is 1.48 bits per heavy atom. The number of pyridine rings is 1. The summed E-state index contributed by atoms with van der Waals surface area (Å²) in [7, 11) is -3.31. The quantitative estimate of drug-likeness (QED) is 0.125. The summed E-state index contributed by atoms with van der Waals surface area (Å²) in [6.07, 6.45) is -4.74. The predicted octanol–water partition coefficient (Wildman–Crippen LogP) is 5.87. The third kappa shape index (κ3) is 10.1. The summed E-state index contributed by atoms with van der Waals surface area (Å²) >= 11 is 0.579. The Morgan fingerprint density at radius 1 is 0.904 bits per heavy atom. The van der Waals surface area contributed by atoms with Crippen LogP contribution in [0, 0.1) is 5.41 Å². The van der Waals surface area contributed by atoms with Crippen LogP contribution in [0.4, 0.5) is 18.0 Å². The molecule has 0 saturated heterocycles. The molecule has 2 aromatic carbocycles. The van der Waals surface area contributed by atoms with Gasteiger partial charge in [0.2, 0.25) is 21.5 Å². The van der Waals surface area contributed by atoms with E-state index in [4.69, 9.17) is 4.74 Å². The summed E-state index contributed by atoms with van der Waals surface area (Å²) in [6.45, 7) is 4.76. The van der Waals surface area contributed by atoms with Crippen LogP contribution >= 0.6 is 11.3 Å². The summed E-state index contributed by atoms with van der Waals surface area (Å²) in [4.78, 5) is 39.9.